The maximum Gasteiger partial charge on any atom is 0.323 e. The lowest BCUT2D eigenvalue weighted by Gasteiger charge is -2.17. The van der Waals surface area contributed by atoms with Gasteiger partial charge in [-0.25, -0.2) is 0 Å². The second-order valence-corrected chi connectivity index (χ2v) is 12.7. The molecule has 1 N–H and O–H groups in total. The largest absolute Gasteiger partial charge is 0.480 e. The number of hydrogen-bond acceptors (Lipinski definition) is 8. The number of allylic oxidation sites excluding steroid dienone is 1. The number of hydrogen-bond donors (Lipinski definition) is 1. The number of aromatic nitrogens is 1. The molecular weight excluding hydrogens is 559 g/mol. The molecule has 1 aromatic carbocycles. The van der Waals surface area contributed by atoms with Crippen LogP contribution in [0.15, 0.2) is 45.1 Å². The van der Waals surface area contributed by atoms with Crippen molar-refractivity contribution in [1.82, 2.24) is 9.47 Å². The van der Waals surface area contributed by atoms with Crippen molar-refractivity contribution in [3.05, 3.63) is 54.9 Å². The molecule has 2 aliphatic rings. The number of carbonyl (C=O) groups is 2. The third-order valence-corrected chi connectivity index (χ3v) is 10.2. The Balaban J connectivity index is 1.72. The van der Waals surface area contributed by atoms with Gasteiger partial charge in [0.25, 0.3) is 11.5 Å². The number of para-hydroxylation sites is 1. The second-order valence-electron chi connectivity index (χ2n) is 8.96. The predicted octanol–water partition coefficient (Wildman–Crippen LogP) is 4.58. The molecule has 11 heteroatoms. The maximum absolute atomic E-state index is 13.6. The van der Waals surface area contributed by atoms with Crippen molar-refractivity contribution < 1.29 is 14.7 Å². The van der Waals surface area contributed by atoms with Crippen molar-refractivity contribution in [2.24, 2.45) is 0 Å². The number of benzene rings is 1. The standard InChI is InChI=1S/C27H31N3O4S4/c1-3-5-6-7-8-11-16-29-24(33)20(14-15-21-28(4-2)18-12-9-10-13-19(18)36-21)37-26(29)23-25(34)30(17-22(31)32)27(35)38-23/h9-10,12-15H,3-8,11,16-17H2,1-2H3,(H,31,32)/b20-14?,21-15?,26-23-. The molecule has 0 radical (unpaired) electrons. The number of nitrogens with zero attached hydrogens (tertiary/aromatic N) is 3. The fraction of sp³-hybridized carbons (Fsp3) is 0.407. The van der Waals surface area contributed by atoms with Crippen LogP contribution in [0.5, 0.6) is 0 Å². The van der Waals surface area contributed by atoms with Crippen LogP contribution in [-0.2, 0) is 16.1 Å². The van der Waals surface area contributed by atoms with Gasteiger partial charge in [-0.05, 0) is 37.6 Å². The van der Waals surface area contributed by atoms with E-state index >= 15 is 0 Å². The lowest BCUT2D eigenvalue weighted by atomic mass is 10.1. The number of thioether (sulfide) groups is 2. The number of anilines is 1. The second kappa shape index (κ2) is 13.1. The van der Waals surface area contributed by atoms with Crippen LogP contribution in [0.2, 0.25) is 0 Å². The van der Waals surface area contributed by atoms with E-state index in [1.165, 1.54) is 35.5 Å². The Kier molecular flexibility index (Phi) is 9.91. The Morgan fingerprint density at radius 1 is 1.00 bits per heavy atom. The maximum atomic E-state index is 13.6. The van der Waals surface area contributed by atoms with Gasteiger partial charge in [-0.2, -0.15) is 0 Å². The van der Waals surface area contributed by atoms with E-state index in [4.69, 9.17) is 12.2 Å². The monoisotopic (exact) mass is 589 g/mol. The van der Waals surface area contributed by atoms with Gasteiger partial charge in [0.2, 0.25) is 0 Å². The first-order valence-electron chi connectivity index (χ1n) is 12.8. The minimum atomic E-state index is -1.13. The molecule has 1 amide bonds. The number of carboxylic acid groups (broad SMARTS) is 1. The summed E-state index contributed by atoms with van der Waals surface area (Å²) in [5.41, 5.74) is 1.02. The van der Waals surface area contributed by atoms with Gasteiger partial charge in [-0.15, -0.1) is 11.3 Å². The highest BCUT2D eigenvalue weighted by Gasteiger charge is 2.35. The van der Waals surface area contributed by atoms with Crippen LogP contribution >= 0.6 is 47.1 Å². The third-order valence-electron chi connectivity index (χ3n) is 6.31. The van der Waals surface area contributed by atoms with Crippen molar-refractivity contribution in [2.75, 3.05) is 18.0 Å². The number of unbranched alkanes of at least 4 members (excludes halogenated alkanes) is 5. The lowest BCUT2D eigenvalue weighted by Crippen LogP contribution is -2.35. The number of carboxylic acids is 1. The van der Waals surface area contributed by atoms with Crippen molar-refractivity contribution in [3.63, 3.8) is 0 Å². The Morgan fingerprint density at radius 3 is 2.47 bits per heavy atom. The van der Waals surface area contributed by atoms with Gasteiger partial charge < -0.3 is 10.0 Å². The van der Waals surface area contributed by atoms with Crippen LogP contribution in [-0.4, -0.2) is 43.9 Å². The summed E-state index contributed by atoms with van der Waals surface area (Å²) < 4.78 is 2.96. The van der Waals surface area contributed by atoms with E-state index in [1.807, 2.05) is 24.3 Å². The van der Waals surface area contributed by atoms with Crippen molar-refractivity contribution in [1.29, 1.82) is 0 Å². The van der Waals surface area contributed by atoms with Crippen LogP contribution in [0.25, 0.3) is 11.0 Å². The zero-order valence-corrected chi connectivity index (χ0v) is 24.7. The van der Waals surface area contributed by atoms with Crippen molar-refractivity contribution >= 4 is 79.9 Å². The van der Waals surface area contributed by atoms with Gasteiger partial charge in [0, 0.05) is 18.0 Å². The van der Waals surface area contributed by atoms with Gasteiger partial charge in [0.1, 0.15) is 20.4 Å². The van der Waals surface area contributed by atoms with E-state index < -0.39 is 18.4 Å². The number of thiazole rings is 1. The summed E-state index contributed by atoms with van der Waals surface area (Å²) in [6, 6.07) is 8.22. The fourth-order valence-electron chi connectivity index (χ4n) is 4.40. The van der Waals surface area contributed by atoms with Gasteiger partial charge in [-0.3, -0.25) is 23.9 Å². The topological polar surface area (TPSA) is 82.8 Å². The minimum absolute atomic E-state index is 0.137. The van der Waals surface area contributed by atoms with E-state index in [-0.39, 0.29) is 9.88 Å². The van der Waals surface area contributed by atoms with Crippen molar-refractivity contribution in [2.45, 2.75) is 63.8 Å². The average molecular weight is 590 g/mol. The van der Waals surface area contributed by atoms with E-state index in [1.54, 1.807) is 16.3 Å². The summed E-state index contributed by atoms with van der Waals surface area (Å²) in [5, 5.41) is 10.3. The Morgan fingerprint density at radius 2 is 1.74 bits per heavy atom. The molecule has 38 heavy (non-hydrogen) atoms. The average Bonchev–Trinajstić information content (AvgIpc) is 3.51. The molecule has 3 heterocycles. The zero-order chi connectivity index (χ0) is 27.2. The van der Waals surface area contributed by atoms with Crippen LogP contribution in [0, 0.1) is 0 Å². The van der Waals surface area contributed by atoms with Crippen LogP contribution < -0.4 is 19.7 Å². The van der Waals surface area contributed by atoms with Crippen LogP contribution in [0.3, 0.4) is 0 Å². The van der Waals surface area contributed by atoms with E-state index in [9.17, 15) is 19.5 Å². The molecule has 202 valence electrons. The molecule has 7 nitrogen and oxygen atoms in total. The molecule has 1 aromatic heterocycles. The summed E-state index contributed by atoms with van der Waals surface area (Å²) >= 11 is 9.31. The Labute approximate surface area is 239 Å². The first-order valence-corrected chi connectivity index (χ1v) is 15.7. The van der Waals surface area contributed by atoms with Gasteiger partial charge in [0.15, 0.2) is 0 Å². The summed E-state index contributed by atoms with van der Waals surface area (Å²) in [7, 11) is 0. The molecule has 0 bridgehead atoms. The number of thiocarbonyl (C=S) groups is 1. The predicted molar refractivity (Wildman–Crippen MR) is 162 cm³/mol. The summed E-state index contributed by atoms with van der Waals surface area (Å²) in [5.74, 6) is -1.58. The van der Waals surface area contributed by atoms with Gasteiger partial charge in [0.05, 0.1) is 15.2 Å². The lowest BCUT2D eigenvalue weighted by molar-refractivity contribution is -0.140. The molecule has 1 saturated heterocycles. The van der Waals surface area contributed by atoms with Crippen molar-refractivity contribution in [3.8, 4) is 0 Å². The number of fused-ring (bicyclic) bond motifs is 1. The quantitative estimate of drug-likeness (QED) is 0.301. The highest BCUT2D eigenvalue weighted by molar-refractivity contribution is 8.30. The SMILES string of the molecule is CCCCCCCCn1c(=O)c(=CC=C2Sc3ccccc3N2CC)s/c1=C1\SC(=S)N(CC(=O)O)C1=O. The highest BCUT2D eigenvalue weighted by Crippen LogP contribution is 2.45. The Hall–Kier alpha value is -2.34. The molecule has 4 rings (SSSR count). The number of carbonyl (C=O) groups excluding carboxylic acids is 1. The zero-order valence-electron chi connectivity index (χ0n) is 21.5. The number of amides is 1. The first kappa shape index (κ1) is 28.7. The molecular formula is C27H31N3O4S4. The summed E-state index contributed by atoms with van der Waals surface area (Å²) in [4.78, 5) is 42.8. The Bertz CT molecular complexity index is 1440. The molecule has 1 fully saturated rings. The fourth-order valence-corrected chi connectivity index (χ4v) is 8.01. The molecule has 0 unspecified atom stereocenters. The molecule has 2 aromatic rings. The third kappa shape index (κ3) is 6.27. The molecule has 0 saturated carbocycles. The van der Waals surface area contributed by atoms with Gasteiger partial charge >= 0.3 is 5.97 Å². The molecule has 0 spiro atoms. The smallest absolute Gasteiger partial charge is 0.323 e. The van der Waals surface area contributed by atoms with E-state index in [2.05, 4.69) is 30.9 Å². The summed E-state index contributed by atoms with van der Waals surface area (Å²) in [6.07, 6.45) is 10.3. The minimum Gasteiger partial charge on any atom is -0.480 e. The molecule has 0 atom stereocenters. The first-order chi connectivity index (χ1) is 18.3. The van der Waals surface area contributed by atoms with E-state index in [0.29, 0.717) is 20.6 Å². The van der Waals surface area contributed by atoms with E-state index in [0.717, 1.165) is 53.2 Å². The summed E-state index contributed by atoms with van der Waals surface area (Å²) in [6.45, 7) is 5.10. The molecule has 0 aliphatic carbocycles. The number of rotatable bonds is 11. The van der Waals surface area contributed by atoms with Crippen LogP contribution in [0.1, 0.15) is 52.4 Å². The van der Waals surface area contributed by atoms with Crippen LogP contribution in [0.4, 0.5) is 5.69 Å². The normalized spacial score (nSPS) is 18.3. The number of aliphatic carboxylic acids is 1. The van der Waals surface area contributed by atoms with Gasteiger partial charge in [-0.1, -0.05) is 86.9 Å². The molecule has 2 aliphatic heterocycles. The highest BCUT2D eigenvalue weighted by atomic mass is 32.2.